The fourth-order valence-corrected chi connectivity index (χ4v) is 4.94. The maximum absolute atomic E-state index is 13.6. The zero-order valence-corrected chi connectivity index (χ0v) is 16.5. The normalized spacial score (nSPS) is 16.1. The summed E-state index contributed by atoms with van der Waals surface area (Å²) in [5.74, 6) is -0.513. The van der Waals surface area contributed by atoms with Gasteiger partial charge in [0.1, 0.15) is 0 Å². The van der Waals surface area contributed by atoms with Crippen LogP contribution in [0.5, 0.6) is 0 Å². The van der Waals surface area contributed by atoms with Crippen LogP contribution in [-0.2, 0) is 0 Å². The van der Waals surface area contributed by atoms with Crippen LogP contribution in [0.25, 0.3) is 21.5 Å². The van der Waals surface area contributed by atoms with Crippen molar-refractivity contribution in [2.45, 2.75) is 12.8 Å². The molecular weight excluding hydrogens is 372 g/mol. The van der Waals surface area contributed by atoms with E-state index in [0.717, 1.165) is 40.3 Å². The van der Waals surface area contributed by atoms with Crippen molar-refractivity contribution in [2.24, 2.45) is 0 Å². The number of amides is 2. The first kappa shape index (κ1) is 17.2. The van der Waals surface area contributed by atoms with Gasteiger partial charge in [-0.2, -0.15) is 0 Å². The van der Waals surface area contributed by atoms with Crippen molar-refractivity contribution < 1.29 is 9.59 Å². The molecule has 0 saturated carbocycles. The van der Waals surface area contributed by atoms with Crippen LogP contribution in [0.1, 0.15) is 33.6 Å². The third kappa shape index (κ3) is 2.34. The van der Waals surface area contributed by atoms with Gasteiger partial charge < -0.3 is 4.90 Å². The number of carbonyl (C=O) groups is 2. The second kappa shape index (κ2) is 6.42. The third-order valence-electron chi connectivity index (χ3n) is 6.34. The lowest BCUT2D eigenvalue weighted by Gasteiger charge is -2.30. The van der Waals surface area contributed by atoms with E-state index in [4.69, 9.17) is 0 Å². The van der Waals surface area contributed by atoms with Gasteiger partial charge in [-0.1, -0.05) is 48.5 Å². The van der Waals surface area contributed by atoms with Crippen molar-refractivity contribution >= 4 is 44.7 Å². The summed E-state index contributed by atoms with van der Waals surface area (Å²) >= 11 is 0. The Hall–Kier alpha value is -3.66. The number of carbonyl (C=O) groups excluding carboxylic acids is 2. The minimum absolute atomic E-state index is 0.256. The van der Waals surface area contributed by atoms with Crippen molar-refractivity contribution in [3.8, 4) is 0 Å². The van der Waals surface area contributed by atoms with Gasteiger partial charge in [0.2, 0.25) is 0 Å². The molecule has 4 aromatic carbocycles. The molecule has 2 amide bonds. The zero-order chi connectivity index (χ0) is 20.2. The fourth-order valence-electron chi connectivity index (χ4n) is 4.94. The van der Waals surface area contributed by atoms with Gasteiger partial charge in [0.05, 0.1) is 5.69 Å². The molecule has 0 N–H and O–H groups in total. The Kier molecular flexibility index (Phi) is 3.69. The lowest BCUT2D eigenvalue weighted by molar-refractivity contribution is 0.0894. The fraction of sp³-hybridized carbons (Fsp3) is 0.154. The topological polar surface area (TPSA) is 40.6 Å². The predicted octanol–water partition coefficient (Wildman–Crippen LogP) is 5.39. The van der Waals surface area contributed by atoms with Crippen molar-refractivity contribution in [3.05, 3.63) is 83.9 Å². The Balaban J connectivity index is 1.58. The lowest BCUT2D eigenvalue weighted by Crippen LogP contribution is -2.40. The molecule has 1 saturated heterocycles. The molecule has 0 spiro atoms. The first-order valence-electron chi connectivity index (χ1n) is 10.4. The summed E-state index contributed by atoms with van der Waals surface area (Å²) in [7, 11) is 0. The SMILES string of the molecule is O=C1c2cccc3c(N4CCCC4)ccc(c23)C(=O)N1c1cccc2ccccc12. The van der Waals surface area contributed by atoms with Crippen LogP contribution in [0.15, 0.2) is 72.8 Å². The summed E-state index contributed by atoms with van der Waals surface area (Å²) in [6.45, 7) is 2.03. The summed E-state index contributed by atoms with van der Waals surface area (Å²) in [6.07, 6.45) is 2.35. The molecule has 4 heteroatoms. The molecule has 30 heavy (non-hydrogen) atoms. The van der Waals surface area contributed by atoms with Crippen LogP contribution in [0.2, 0.25) is 0 Å². The summed E-state index contributed by atoms with van der Waals surface area (Å²) in [5, 5.41) is 3.68. The highest BCUT2D eigenvalue weighted by Crippen LogP contribution is 2.39. The number of anilines is 2. The van der Waals surface area contributed by atoms with Crippen LogP contribution < -0.4 is 9.80 Å². The second-order valence-electron chi connectivity index (χ2n) is 8.00. The zero-order valence-electron chi connectivity index (χ0n) is 16.5. The van der Waals surface area contributed by atoms with Gasteiger partial charge in [-0.3, -0.25) is 9.59 Å². The van der Waals surface area contributed by atoms with E-state index in [1.807, 2.05) is 72.8 Å². The molecule has 0 bridgehead atoms. The van der Waals surface area contributed by atoms with Crippen LogP contribution in [0, 0.1) is 0 Å². The first-order chi connectivity index (χ1) is 14.7. The molecule has 4 aromatic rings. The molecule has 6 rings (SSSR count). The van der Waals surface area contributed by atoms with Crippen molar-refractivity contribution in [2.75, 3.05) is 22.9 Å². The summed E-state index contributed by atoms with van der Waals surface area (Å²) < 4.78 is 0. The van der Waals surface area contributed by atoms with Gasteiger partial charge in [0.15, 0.2) is 0 Å². The van der Waals surface area contributed by atoms with Gasteiger partial charge in [0.25, 0.3) is 11.8 Å². The molecule has 2 aliphatic rings. The van der Waals surface area contributed by atoms with Crippen LogP contribution in [-0.4, -0.2) is 24.9 Å². The van der Waals surface area contributed by atoms with Crippen LogP contribution >= 0.6 is 0 Å². The van der Waals surface area contributed by atoms with E-state index in [-0.39, 0.29) is 11.8 Å². The number of rotatable bonds is 2. The molecule has 0 unspecified atom stereocenters. The molecule has 0 aromatic heterocycles. The lowest BCUT2D eigenvalue weighted by atomic mass is 9.92. The first-order valence-corrected chi connectivity index (χ1v) is 10.4. The van der Waals surface area contributed by atoms with E-state index in [1.54, 1.807) is 0 Å². The summed E-state index contributed by atoms with van der Waals surface area (Å²) in [6, 6.07) is 23.3. The average Bonchev–Trinajstić information content (AvgIpc) is 3.32. The van der Waals surface area contributed by atoms with Crippen LogP contribution in [0.4, 0.5) is 11.4 Å². The minimum atomic E-state index is -0.256. The van der Waals surface area contributed by atoms with Gasteiger partial charge >= 0.3 is 0 Å². The Morgan fingerprint density at radius 1 is 0.600 bits per heavy atom. The maximum atomic E-state index is 13.6. The minimum Gasteiger partial charge on any atom is -0.371 e. The smallest absolute Gasteiger partial charge is 0.266 e. The van der Waals surface area contributed by atoms with Crippen LogP contribution in [0.3, 0.4) is 0 Å². The number of nitrogens with zero attached hydrogens (tertiary/aromatic N) is 2. The molecule has 0 radical (unpaired) electrons. The van der Waals surface area contributed by atoms with E-state index >= 15 is 0 Å². The molecule has 4 nitrogen and oxygen atoms in total. The third-order valence-corrected chi connectivity index (χ3v) is 6.34. The highest BCUT2D eigenvalue weighted by Gasteiger charge is 2.35. The molecule has 2 aliphatic heterocycles. The highest BCUT2D eigenvalue weighted by molar-refractivity contribution is 6.37. The number of fused-ring (bicyclic) bond motifs is 1. The highest BCUT2D eigenvalue weighted by atomic mass is 16.2. The predicted molar refractivity (Wildman–Crippen MR) is 120 cm³/mol. The number of hydrogen-bond acceptors (Lipinski definition) is 3. The van der Waals surface area contributed by atoms with Gasteiger partial charge in [-0.25, -0.2) is 4.90 Å². The van der Waals surface area contributed by atoms with E-state index in [2.05, 4.69) is 4.90 Å². The van der Waals surface area contributed by atoms with E-state index in [9.17, 15) is 9.59 Å². The summed E-state index contributed by atoms with van der Waals surface area (Å²) in [5.41, 5.74) is 2.94. The Morgan fingerprint density at radius 2 is 1.27 bits per heavy atom. The van der Waals surface area contributed by atoms with Crippen molar-refractivity contribution in [1.29, 1.82) is 0 Å². The molecule has 0 aliphatic carbocycles. The molecule has 1 fully saturated rings. The molecule has 2 heterocycles. The Labute approximate surface area is 174 Å². The van der Waals surface area contributed by atoms with Gasteiger partial charge in [-0.15, -0.1) is 0 Å². The molecular formula is C26H20N2O2. The molecule has 146 valence electrons. The second-order valence-corrected chi connectivity index (χ2v) is 8.00. The van der Waals surface area contributed by atoms with E-state index in [1.165, 1.54) is 17.7 Å². The standard InChI is InChI=1S/C26H20N2O2/c29-25-20-11-6-10-19-22(27-15-3-4-16-27)14-13-21(24(19)20)26(30)28(25)23-12-5-8-17-7-1-2-9-18(17)23/h1-2,5-14H,3-4,15-16H2. The Morgan fingerprint density at radius 3 is 2.10 bits per heavy atom. The largest absolute Gasteiger partial charge is 0.371 e. The number of benzene rings is 4. The van der Waals surface area contributed by atoms with Crippen molar-refractivity contribution in [1.82, 2.24) is 0 Å². The average molecular weight is 392 g/mol. The van der Waals surface area contributed by atoms with Crippen molar-refractivity contribution in [3.63, 3.8) is 0 Å². The van der Waals surface area contributed by atoms with Gasteiger partial charge in [-0.05, 0) is 42.5 Å². The quantitative estimate of drug-likeness (QED) is 0.429. The maximum Gasteiger partial charge on any atom is 0.266 e. The number of hydrogen-bond donors (Lipinski definition) is 0. The van der Waals surface area contributed by atoms with E-state index < -0.39 is 0 Å². The summed E-state index contributed by atoms with van der Waals surface area (Å²) in [4.78, 5) is 30.9. The van der Waals surface area contributed by atoms with Gasteiger partial charge in [0, 0.05) is 46.1 Å². The monoisotopic (exact) mass is 392 g/mol. The Bertz CT molecular complexity index is 1320. The van der Waals surface area contributed by atoms with E-state index in [0.29, 0.717) is 16.8 Å². The number of imide groups is 1. The molecule has 0 atom stereocenters.